The fourth-order valence-corrected chi connectivity index (χ4v) is 4.99. The van der Waals surface area contributed by atoms with Crippen LogP contribution < -0.4 is 19.2 Å². The lowest BCUT2D eigenvalue weighted by molar-refractivity contribution is -0.119. The average Bonchev–Trinajstić information content (AvgIpc) is 2.87. The molecule has 0 saturated carbocycles. The van der Waals surface area contributed by atoms with Gasteiger partial charge in [-0.15, -0.1) is 0 Å². The molecule has 1 N–H and O–H groups in total. The SMILES string of the molecule is C/C(=N/NC(=O)CN(c1ccc(C)c(C)c1)S(=O)(=O)c1ccccc1)c1ccc2c(c1)OCCO2. The number of benzene rings is 3. The van der Waals surface area contributed by atoms with E-state index < -0.39 is 22.5 Å². The Bertz CT molecular complexity index is 1370. The van der Waals surface area contributed by atoms with Gasteiger partial charge in [-0.25, -0.2) is 13.8 Å². The van der Waals surface area contributed by atoms with Crippen LogP contribution in [0.3, 0.4) is 0 Å². The minimum Gasteiger partial charge on any atom is -0.486 e. The van der Waals surface area contributed by atoms with Crippen molar-refractivity contribution in [3.63, 3.8) is 0 Å². The van der Waals surface area contributed by atoms with Crippen LogP contribution in [0.25, 0.3) is 0 Å². The minimum absolute atomic E-state index is 0.0991. The highest BCUT2D eigenvalue weighted by atomic mass is 32.2. The smallest absolute Gasteiger partial charge is 0.264 e. The number of nitrogens with zero attached hydrogens (tertiary/aromatic N) is 2. The summed E-state index contributed by atoms with van der Waals surface area (Å²) < 4.78 is 39.1. The van der Waals surface area contributed by atoms with E-state index in [1.807, 2.05) is 26.0 Å². The van der Waals surface area contributed by atoms with Crippen molar-refractivity contribution >= 4 is 27.3 Å². The Kier molecular flexibility index (Phi) is 7.07. The first-order valence-corrected chi connectivity index (χ1v) is 12.6. The van der Waals surface area contributed by atoms with E-state index in [4.69, 9.17) is 9.47 Å². The average molecular weight is 494 g/mol. The highest BCUT2D eigenvalue weighted by Crippen LogP contribution is 2.31. The second-order valence-electron chi connectivity index (χ2n) is 8.18. The molecule has 8 nitrogen and oxygen atoms in total. The van der Waals surface area contributed by atoms with Crippen LogP contribution in [0.1, 0.15) is 23.6 Å². The first-order chi connectivity index (χ1) is 16.8. The number of aryl methyl sites for hydroxylation is 2. The largest absolute Gasteiger partial charge is 0.486 e. The summed E-state index contributed by atoms with van der Waals surface area (Å²) in [4.78, 5) is 13.0. The molecule has 0 atom stereocenters. The van der Waals surface area contributed by atoms with Crippen molar-refractivity contribution in [2.75, 3.05) is 24.1 Å². The van der Waals surface area contributed by atoms with Gasteiger partial charge in [0.1, 0.15) is 19.8 Å². The van der Waals surface area contributed by atoms with Crippen molar-refractivity contribution in [1.29, 1.82) is 0 Å². The summed E-state index contributed by atoms with van der Waals surface area (Å²) in [6, 6.07) is 18.7. The maximum Gasteiger partial charge on any atom is 0.264 e. The molecule has 0 unspecified atom stereocenters. The second kappa shape index (κ2) is 10.2. The molecule has 1 heterocycles. The van der Waals surface area contributed by atoms with Crippen molar-refractivity contribution in [3.05, 3.63) is 83.4 Å². The topological polar surface area (TPSA) is 97.3 Å². The summed E-state index contributed by atoms with van der Waals surface area (Å²) in [5.41, 5.74) is 6.12. The molecule has 0 radical (unpaired) electrons. The Hall–Kier alpha value is -3.85. The third-order valence-corrected chi connectivity index (χ3v) is 7.49. The Morgan fingerprint density at radius 1 is 0.943 bits per heavy atom. The molecule has 1 amide bonds. The number of sulfonamides is 1. The molecule has 0 bridgehead atoms. The molecule has 35 heavy (non-hydrogen) atoms. The van der Waals surface area contributed by atoms with Gasteiger partial charge in [0.05, 0.1) is 16.3 Å². The first kappa shape index (κ1) is 24.3. The van der Waals surface area contributed by atoms with Gasteiger partial charge < -0.3 is 9.47 Å². The molecule has 0 saturated heterocycles. The van der Waals surface area contributed by atoms with Crippen molar-refractivity contribution in [3.8, 4) is 11.5 Å². The Labute approximate surface area is 205 Å². The molecule has 4 rings (SSSR count). The van der Waals surface area contributed by atoms with Crippen LogP contribution in [0.2, 0.25) is 0 Å². The summed E-state index contributed by atoms with van der Waals surface area (Å²) >= 11 is 0. The maximum absolute atomic E-state index is 13.4. The Morgan fingerprint density at radius 2 is 1.66 bits per heavy atom. The van der Waals surface area contributed by atoms with Gasteiger partial charge in [-0.3, -0.25) is 9.10 Å². The van der Waals surface area contributed by atoms with Gasteiger partial charge in [0, 0.05) is 5.56 Å². The van der Waals surface area contributed by atoms with Gasteiger partial charge in [0.15, 0.2) is 11.5 Å². The molecule has 182 valence electrons. The third kappa shape index (κ3) is 5.46. The monoisotopic (exact) mass is 493 g/mol. The number of hydrogen-bond acceptors (Lipinski definition) is 6. The lowest BCUT2D eigenvalue weighted by Crippen LogP contribution is -2.39. The predicted molar refractivity (Wildman–Crippen MR) is 135 cm³/mol. The summed E-state index contributed by atoms with van der Waals surface area (Å²) in [6.45, 7) is 6.11. The second-order valence-corrected chi connectivity index (χ2v) is 10.0. The van der Waals surface area contributed by atoms with Crippen LogP contribution in [-0.4, -0.2) is 39.8 Å². The van der Waals surface area contributed by atoms with E-state index in [0.717, 1.165) is 21.0 Å². The van der Waals surface area contributed by atoms with Gasteiger partial charge >= 0.3 is 0 Å². The zero-order chi connectivity index (χ0) is 25.0. The van der Waals surface area contributed by atoms with Crippen LogP contribution in [0.4, 0.5) is 5.69 Å². The minimum atomic E-state index is -3.99. The molecular weight excluding hydrogens is 466 g/mol. The van der Waals surface area contributed by atoms with Gasteiger partial charge in [-0.05, 0) is 74.4 Å². The number of hydrazone groups is 1. The van der Waals surface area contributed by atoms with Crippen LogP contribution >= 0.6 is 0 Å². The number of carbonyl (C=O) groups excluding carboxylic acids is 1. The van der Waals surface area contributed by atoms with Crippen LogP contribution in [0.15, 0.2) is 76.7 Å². The van der Waals surface area contributed by atoms with E-state index in [1.54, 1.807) is 49.4 Å². The molecule has 1 aliphatic heterocycles. The van der Waals surface area contributed by atoms with E-state index in [9.17, 15) is 13.2 Å². The molecule has 1 aliphatic rings. The predicted octanol–water partition coefficient (Wildman–Crippen LogP) is 3.81. The summed E-state index contributed by atoms with van der Waals surface area (Å²) in [7, 11) is -3.99. The number of fused-ring (bicyclic) bond motifs is 1. The van der Waals surface area contributed by atoms with Crippen molar-refractivity contribution < 1.29 is 22.7 Å². The van der Waals surface area contributed by atoms with E-state index in [0.29, 0.717) is 36.1 Å². The fraction of sp³-hybridized carbons (Fsp3) is 0.231. The molecule has 3 aromatic rings. The number of ether oxygens (including phenoxy) is 2. The van der Waals surface area contributed by atoms with E-state index >= 15 is 0 Å². The Morgan fingerprint density at radius 3 is 2.37 bits per heavy atom. The number of carbonyl (C=O) groups is 1. The summed E-state index contributed by atoms with van der Waals surface area (Å²) in [6.07, 6.45) is 0. The van der Waals surface area contributed by atoms with Crippen molar-refractivity contribution in [2.24, 2.45) is 5.10 Å². The van der Waals surface area contributed by atoms with Gasteiger partial charge in [-0.1, -0.05) is 24.3 Å². The van der Waals surface area contributed by atoms with Gasteiger partial charge in [-0.2, -0.15) is 5.10 Å². The number of anilines is 1. The number of nitrogens with one attached hydrogen (secondary N) is 1. The summed E-state index contributed by atoms with van der Waals surface area (Å²) in [5.74, 6) is 0.705. The standard InChI is InChI=1S/C26H27N3O5S/c1-18-9-11-22(15-19(18)2)29(35(31,32)23-7-5-4-6-8-23)17-26(30)28-27-20(3)21-10-12-24-25(16-21)34-14-13-33-24/h4-12,15-16H,13-14,17H2,1-3H3,(H,28,30)/b27-20-. The van der Waals surface area contributed by atoms with E-state index in [1.165, 1.54) is 12.1 Å². The first-order valence-electron chi connectivity index (χ1n) is 11.1. The van der Waals surface area contributed by atoms with E-state index in [-0.39, 0.29) is 4.90 Å². The normalized spacial score (nSPS) is 13.3. The van der Waals surface area contributed by atoms with Crippen molar-refractivity contribution in [2.45, 2.75) is 25.7 Å². The third-order valence-electron chi connectivity index (χ3n) is 5.71. The molecule has 3 aromatic carbocycles. The van der Waals surface area contributed by atoms with Crippen LogP contribution in [0.5, 0.6) is 11.5 Å². The molecule has 0 spiro atoms. The zero-order valence-electron chi connectivity index (χ0n) is 19.8. The van der Waals surface area contributed by atoms with Crippen molar-refractivity contribution in [1.82, 2.24) is 5.43 Å². The molecular formula is C26H27N3O5S. The number of hydrogen-bond donors (Lipinski definition) is 1. The summed E-state index contributed by atoms with van der Waals surface area (Å²) in [5, 5.41) is 4.18. The van der Waals surface area contributed by atoms with Crippen LogP contribution in [0, 0.1) is 13.8 Å². The van der Waals surface area contributed by atoms with E-state index in [2.05, 4.69) is 10.5 Å². The highest BCUT2D eigenvalue weighted by molar-refractivity contribution is 7.92. The maximum atomic E-state index is 13.4. The lowest BCUT2D eigenvalue weighted by atomic mass is 10.1. The van der Waals surface area contributed by atoms with Crippen LogP contribution in [-0.2, 0) is 14.8 Å². The Balaban J connectivity index is 1.57. The van der Waals surface area contributed by atoms with Gasteiger partial charge in [0.25, 0.3) is 15.9 Å². The molecule has 0 aromatic heterocycles. The highest BCUT2D eigenvalue weighted by Gasteiger charge is 2.27. The molecule has 9 heteroatoms. The number of amides is 1. The quantitative estimate of drug-likeness (QED) is 0.399. The zero-order valence-corrected chi connectivity index (χ0v) is 20.6. The number of rotatable bonds is 7. The molecule has 0 aliphatic carbocycles. The van der Waals surface area contributed by atoms with Gasteiger partial charge in [0.2, 0.25) is 0 Å². The molecule has 0 fully saturated rings. The lowest BCUT2D eigenvalue weighted by Gasteiger charge is -2.24. The fourth-order valence-electron chi connectivity index (χ4n) is 3.56.